The van der Waals surface area contributed by atoms with Gasteiger partial charge in [0.05, 0.1) is 18.4 Å². The number of anilines is 1. The zero-order valence-electron chi connectivity index (χ0n) is 10.8. The summed E-state index contributed by atoms with van der Waals surface area (Å²) in [5.41, 5.74) is 0.425. The van der Waals surface area contributed by atoms with Crippen molar-refractivity contribution in [2.45, 2.75) is 19.4 Å². The summed E-state index contributed by atoms with van der Waals surface area (Å²) in [4.78, 5) is 14.0. The number of rotatable bonds is 6. The summed E-state index contributed by atoms with van der Waals surface area (Å²) in [6.07, 6.45) is 4.16. The molecular formula is C12H19ClN4O. The molecule has 1 saturated carbocycles. The van der Waals surface area contributed by atoms with E-state index >= 15 is 0 Å². The monoisotopic (exact) mass is 270 g/mol. The van der Waals surface area contributed by atoms with E-state index in [1.165, 1.54) is 17.5 Å². The van der Waals surface area contributed by atoms with Gasteiger partial charge >= 0.3 is 0 Å². The Kier molecular flexibility index (Phi) is 4.24. The van der Waals surface area contributed by atoms with Crippen LogP contribution in [0.1, 0.15) is 12.8 Å². The summed E-state index contributed by atoms with van der Waals surface area (Å²) < 4.78 is 1.41. The molecule has 0 bridgehead atoms. The molecule has 5 nitrogen and oxygen atoms in total. The van der Waals surface area contributed by atoms with Crippen molar-refractivity contribution in [1.29, 1.82) is 0 Å². The molecule has 0 aliphatic heterocycles. The van der Waals surface area contributed by atoms with Crippen LogP contribution in [-0.2, 0) is 6.54 Å². The molecule has 0 saturated heterocycles. The Labute approximate surface area is 112 Å². The molecule has 1 aromatic rings. The van der Waals surface area contributed by atoms with Crippen LogP contribution in [-0.4, -0.2) is 41.9 Å². The highest BCUT2D eigenvalue weighted by molar-refractivity contribution is 6.32. The summed E-state index contributed by atoms with van der Waals surface area (Å²) in [6.45, 7) is 2.19. The fourth-order valence-corrected chi connectivity index (χ4v) is 1.83. The maximum absolute atomic E-state index is 12.0. The van der Waals surface area contributed by atoms with Crippen LogP contribution >= 0.6 is 11.6 Å². The number of halogens is 1. The summed E-state index contributed by atoms with van der Waals surface area (Å²) in [6, 6.07) is 0. The van der Waals surface area contributed by atoms with E-state index in [2.05, 4.69) is 10.4 Å². The zero-order chi connectivity index (χ0) is 13.1. The summed E-state index contributed by atoms with van der Waals surface area (Å²) >= 11 is 6.07. The molecule has 1 aromatic heterocycles. The second kappa shape index (κ2) is 5.71. The second-order valence-corrected chi connectivity index (χ2v) is 5.41. The molecular weight excluding hydrogens is 252 g/mol. The van der Waals surface area contributed by atoms with Gasteiger partial charge in [0.2, 0.25) is 0 Å². The highest BCUT2D eigenvalue weighted by Crippen LogP contribution is 2.29. The highest BCUT2D eigenvalue weighted by Gasteiger charge is 2.21. The van der Waals surface area contributed by atoms with Gasteiger partial charge in [-0.1, -0.05) is 11.6 Å². The first kappa shape index (κ1) is 13.4. The summed E-state index contributed by atoms with van der Waals surface area (Å²) in [5, 5.41) is 7.57. The standard InChI is InChI=1S/C12H19ClN4O/c1-16(2)5-6-17-12(18)11(13)10(8-15-17)14-7-9-3-4-9/h8-9,14H,3-7H2,1-2H3. The first-order valence-electron chi connectivity index (χ1n) is 6.22. The van der Waals surface area contributed by atoms with Crippen LogP contribution in [0.2, 0.25) is 5.02 Å². The van der Waals surface area contributed by atoms with Gasteiger partial charge in [0.1, 0.15) is 5.02 Å². The van der Waals surface area contributed by atoms with Crippen molar-refractivity contribution in [2.75, 3.05) is 32.5 Å². The maximum atomic E-state index is 12.0. The molecule has 0 atom stereocenters. The van der Waals surface area contributed by atoms with Crippen molar-refractivity contribution in [1.82, 2.24) is 14.7 Å². The Morgan fingerprint density at radius 2 is 2.28 bits per heavy atom. The second-order valence-electron chi connectivity index (χ2n) is 5.03. The van der Waals surface area contributed by atoms with Crippen LogP contribution < -0.4 is 10.9 Å². The molecule has 18 heavy (non-hydrogen) atoms. The van der Waals surface area contributed by atoms with Crippen molar-refractivity contribution in [3.05, 3.63) is 21.6 Å². The normalized spacial score (nSPS) is 15.1. The van der Waals surface area contributed by atoms with Crippen molar-refractivity contribution in [3.63, 3.8) is 0 Å². The number of hydrogen-bond donors (Lipinski definition) is 1. The van der Waals surface area contributed by atoms with E-state index in [0.29, 0.717) is 12.2 Å². The lowest BCUT2D eigenvalue weighted by atomic mass is 10.4. The molecule has 1 N–H and O–H groups in total. The Bertz CT molecular complexity index is 468. The molecule has 1 aliphatic carbocycles. The van der Waals surface area contributed by atoms with E-state index in [0.717, 1.165) is 19.0 Å². The summed E-state index contributed by atoms with van der Waals surface area (Å²) in [5.74, 6) is 0.734. The molecule has 100 valence electrons. The van der Waals surface area contributed by atoms with Gasteiger partial charge < -0.3 is 10.2 Å². The molecule has 0 unspecified atom stereocenters. The minimum Gasteiger partial charge on any atom is -0.382 e. The van der Waals surface area contributed by atoms with E-state index in [9.17, 15) is 4.79 Å². The van der Waals surface area contributed by atoms with Gasteiger partial charge in [-0.25, -0.2) is 4.68 Å². The van der Waals surface area contributed by atoms with Gasteiger partial charge in [0.25, 0.3) is 5.56 Å². The largest absolute Gasteiger partial charge is 0.382 e. The van der Waals surface area contributed by atoms with Crippen LogP contribution in [0.4, 0.5) is 5.69 Å². The third-order valence-electron chi connectivity index (χ3n) is 3.02. The predicted molar refractivity (Wildman–Crippen MR) is 73.3 cm³/mol. The topological polar surface area (TPSA) is 50.2 Å². The number of aromatic nitrogens is 2. The van der Waals surface area contributed by atoms with Gasteiger partial charge in [-0.15, -0.1) is 0 Å². The fourth-order valence-electron chi connectivity index (χ4n) is 1.62. The molecule has 2 rings (SSSR count). The number of hydrogen-bond acceptors (Lipinski definition) is 4. The molecule has 0 amide bonds. The minimum absolute atomic E-state index is 0.223. The smallest absolute Gasteiger partial charge is 0.287 e. The van der Waals surface area contributed by atoms with Crippen molar-refractivity contribution < 1.29 is 0 Å². The Balaban J connectivity index is 2.05. The number of nitrogens with zero attached hydrogens (tertiary/aromatic N) is 3. The van der Waals surface area contributed by atoms with Gasteiger partial charge in [-0.05, 0) is 32.9 Å². The molecule has 0 spiro atoms. The Morgan fingerprint density at radius 3 is 2.89 bits per heavy atom. The lowest BCUT2D eigenvalue weighted by Crippen LogP contribution is -2.29. The van der Waals surface area contributed by atoms with Crippen LogP contribution in [0.15, 0.2) is 11.0 Å². The quantitative estimate of drug-likeness (QED) is 0.846. The average molecular weight is 271 g/mol. The van der Waals surface area contributed by atoms with Crippen LogP contribution in [0, 0.1) is 5.92 Å². The van der Waals surface area contributed by atoms with E-state index in [-0.39, 0.29) is 10.6 Å². The molecule has 1 fully saturated rings. The van der Waals surface area contributed by atoms with Gasteiger partial charge in [-0.3, -0.25) is 4.79 Å². The van der Waals surface area contributed by atoms with Crippen molar-refractivity contribution >= 4 is 17.3 Å². The van der Waals surface area contributed by atoms with E-state index < -0.39 is 0 Å². The van der Waals surface area contributed by atoms with Crippen molar-refractivity contribution in [3.8, 4) is 0 Å². The van der Waals surface area contributed by atoms with E-state index in [1.807, 2.05) is 19.0 Å². The van der Waals surface area contributed by atoms with Gasteiger partial charge in [-0.2, -0.15) is 5.10 Å². The fraction of sp³-hybridized carbons (Fsp3) is 0.667. The van der Waals surface area contributed by atoms with Crippen LogP contribution in [0.5, 0.6) is 0 Å². The maximum Gasteiger partial charge on any atom is 0.287 e. The molecule has 0 aromatic carbocycles. The first-order chi connectivity index (χ1) is 8.58. The SMILES string of the molecule is CN(C)CCn1ncc(NCC2CC2)c(Cl)c1=O. The summed E-state index contributed by atoms with van der Waals surface area (Å²) in [7, 11) is 3.91. The Hall–Kier alpha value is -1.07. The van der Waals surface area contributed by atoms with Crippen molar-refractivity contribution in [2.24, 2.45) is 5.92 Å². The highest BCUT2D eigenvalue weighted by atomic mass is 35.5. The van der Waals surface area contributed by atoms with E-state index in [4.69, 9.17) is 11.6 Å². The predicted octanol–water partition coefficient (Wildman–Crippen LogP) is 1.28. The lowest BCUT2D eigenvalue weighted by Gasteiger charge is -2.12. The molecule has 0 radical (unpaired) electrons. The molecule has 1 heterocycles. The lowest BCUT2D eigenvalue weighted by molar-refractivity contribution is 0.367. The first-order valence-corrected chi connectivity index (χ1v) is 6.60. The average Bonchev–Trinajstić information content (AvgIpc) is 3.13. The minimum atomic E-state index is -0.223. The molecule has 6 heteroatoms. The Morgan fingerprint density at radius 1 is 1.56 bits per heavy atom. The zero-order valence-corrected chi connectivity index (χ0v) is 11.6. The third kappa shape index (κ3) is 3.46. The molecule has 1 aliphatic rings. The van der Waals surface area contributed by atoms with Crippen LogP contribution in [0.3, 0.4) is 0 Å². The van der Waals surface area contributed by atoms with Gasteiger partial charge in [0.15, 0.2) is 0 Å². The van der Waals surface area contributed by atoms with E-state index in [1.54, 1.807) is 6.20 Å². The number of nitrogens with one attached hydrogen (secondary N) is 1. The van der Waals surface area contributed by atoms with Crippen LogP contribution in [0.25, 0.3) is 0 Å². The van der Waals surface area contributed by atoms with Gasteiger partial charge in [0, 0.05) is 13.1 Å². The third-order valence-corrected chi connectivity index (χ3v) is 3.39. The number of likely N-dealkylation sites (N-methyl/N-ethyl adjacent to an activating group) is 1.